The Morgan fingerprint density at radius 3 is 2.75 bits per heavy atom. The predicted octanol–water partition coefficient (Wildman–Crippen LogP) is 1.74. The molecular formula is C13H14N2O5. The maximum absolute atomic E-state index is 12.1. The summed E-state index contributed by atoms with van der Waals surface area (Å²) in [7, 11) is 0. The van der Waals surface area contributed by atoms with Gasteiger partial charge in [-0.1, -0.05) is 0 Å². The minimum absolute atomic E-state index is 0.0546. The van der Waals surface area contributed by atoms with Crippen molar-refractivity contribution in [3.63, 3.8) is 0 Å². The Labute approximate surface area is 115 Å². The molecule has 1 heterocycles. The van der Waals surface area contributed by atoms with Crippen LogP contribution in [0.5, 0.6) is 0 Å². The molecule has 0 spiro atoms. The molecule has 106 valence electrons. The molecule has 7 heteroatoms. The molecule has 0 aliphatic carbocycles. The number of carbonyl (C=O) groups is 2. The zero-order valence-corrected chi connectivity index (χ0v) is 10.9. The number of hydrogen-bond acceptors (Lipinski definition) is 4. The second kappa shape index (κ2) is 5.28. The fraction of sp³-hybridized carbons (Fsp3) is 0.385. The highest BCUT2D eigenvalue weighted by atomic mass is 16.6. The summed E-state index contributed by atoms with van der Waals surface area (Å²) in [5.41, 5.74) is 1.03. The number of aliphatic carboxylic acids is 1. The number of nitro groups is 1. The van der Waals surface area contributed by atoms with Crippen LogP contribution in [0.1, 0.15) is 25.3 Å². The maximum atomic E-state index is 12.1. The lowest BCUT2D eigenvalue weighted by atomic mass is 10.1. The Balaban J connectivity index is 2.52. The first-order chi connectivity index (χ1) is 9.41. The van der Waals surface area contributed by atoms with Crippen LogP contribution >= 0.6 is 0 Å². The van der Waals surface area contributed by atoms with E-state index in [2.05, 4.69) is 0 Å². The molecule has 1 aromatic carbocycles. The number of hydrogen-bond donors (Lipinski definition) is 1. The third kappa shape index (κ3) is 2.47. The Bertz CT molecular complexity index is 584. The van der Waals surface area contributed by atoms with Gasteiger partial charge in [-0.3, -0.25) is 19.8 Å². The summed E-state index contributed by atoms with van der Waals surface area (Å²) in [5.74, 6) is -1.38. The molecule has 1 unspecified atom stereocenters. The molecule has 0 saturated heterocycles. The third-order valence-electron chi connectivity index (χ3n) is 3.38. The van der Waals surface area contributed by atoms with Crippen LogP contribution in [0.3, 0.4) is 0 Å². The molecule has 0 radical (unpaired) electrons. The summed E-state index contributed by atoms with van der Waals surface area (Å²) in [6, 6.07) is 3.16. The van der Waals surface area contributed by atoms with Crippen molar-refractivity contribution < 1.29 is 19.6 Å². The zero-order chi connectivity index (χ0) is 14.9. The van der Waals surface area contributed by atoms with Crippen molar-refractivity contribution in [1.82, 2.24) is 0 Å². The second-order valence-corrected chi connectivity index (χ2v) is 4.70. The maximum Gasteiger partial charge on any atom is 0.326 e. The topological polar surface area (TPSA) is 101 Å². The van der Waals surface area contributed by atoms with E-state index in [1.165, 1.54) is 30.0 Å². The molecule has 0 bridgehead atoms. The first-order valence-corrected chi connectivity index (χ1v) is 6.24. The Morgan fingerprint density at radius 2 is 2.15 bits per heavy atom. The quantitative estimate of drug-likeness (QED) is 0.670. The van der Waals surface area contributed by atoms with E-state index in [-0.39, 0.29) is 18.0 Å². The molecule has 2 rings (SSSR count). The smallest absolute Gasteiger partial charge is 0.326 e. The van der Waals surface area contributed by atoms with E-state index < -0.39 is 16.9 Å². The van der Waals surface area contributed by atoms with Gasteiger partial charge in [0.05, 0.1) is 4.92 Å². The van der Waals surface area contributed by atoms with Crippen LogP contribution in [0.15, 0.2) is 18.2 Å². The van der Waals surface area contributed by atoms with E-state index in [1.807, 2.05) is 0 Å². The predicted molar refractivity (Wildman–Crippen MR) is 70.6 cm³/mol. The first kappa shape index (κ1) is 14.0. The van der Waals surface area contributed by atoms with Crippen LogP contribution < -0.4 is 4.90 Å². The molecule has 20 heavy (non-hydrogen) atoms. The molecule has 1 amide bonds. The van der Waals surface area contributed by atoms with Crippen molar-refractivity contribution in [2.24, 2.45) is 0 Å². The highest BCUT2D eigenvalue weighted by Crippen LogP contribution is 2.31. The largest absolute Gasteiger partial charge is 0.480 e. The van der Waals surface area contributed by atoms with Crippen LogP contribution in [0.4, 0.5) is 11.4 Å². The SMILES string of the molecule is CC(C(=O)O)N1C(=O)CCCc2cc([N+](=O)[O-])ccc21. The van der Waals surface area contributed by atoms with Crippen LogP contribution in [0.2, 0.25) is 0 Å². The standard InChI is InChI=1S/C13H14N2O5/c1-8(13(17)18)14-11-6-5-10(15(19)20)7-9(11)3-2-4-12(14)16/h5-8H,2-4H2,1H3,(H,17,18). The number of amides is 1. The van der Waals surface area contributed by atoms with Gasteiger partial charge in [0.2, 0.25) is 5.91 Å². The number of anilines is 1. The number of rotatable bonds is 3. The average Bonchev–Trinajstić information content (AvgIpc) is 2.55. The van der Waals surface area contributed by atoms with Gasteiger partial charge in [0.15, 0.2) is 0 Å². The Morgan fingerprint density at radius 1 is 1.45 bits per heavy atom. The molecule has 0 fully saturated rings. The van der Waals surface area contributed by atoms with Gasteiger partial charge >= 0.3 is 5.97 Å². The van der Waals surface area contributed by atoms with Crippen molar-refractivity contribution in [2.75, 3.05) is 4.90 Å². The van der Waals surface area contributed by atoms with Crippen LogP contribution in [0, 0.1) is 10.1 Å². The summed E-state index contributed by atoms with van der Waals surface area (Å²) in [6.07, 6.45) is 1.31. The fourth-order valence-electron chi connectivity index (χ4n) is 2.34. The lowest BCUT2D eigenvalue weighted by Gasteiger charge is -2.26. The molecule has 1 aromatic rings. The summed E-state index contributed by atoms with van der Waals surface area (Å²) in [5, 5.41) is 19.9. The number of benzene rings is 1. The van der Waals surface area contributed by atoms with E-state index in [4.69, 9.17) is 5.11 Å². The highest BCUT2D eigenvalue weighted by molar-refractivity contribution is 6.00. The number of nitro benzene ring substituents is 1. The summed E-state index contributed by atoms with van der Waals surface area (Å²) >= 11 is 0. The molecule has 0 aromatic heterocycles. The van der Waals surface area contributed by atoms with Gasteiger partial charge < -0.3 is 5.11 Å². The molecule has 1 N–H and O–H groups in total. The van der Waals surface area contributed by atoms with Gasteiger partial charge in [0.1, 0.15) is 6.04 Å². The number of nitrogens with zero attached hydrogens (tertiary/aromatic N) is 2. The minimum atomic E-state index is -1.11. The highest BCUT2D eigenvalue weighted by Gasteiger charge is 2.31. The summed E-state index contributed by atoms with van der Waals surface area (Å²) in [6.45, 7) is 1.43. The monoisotopic (exact) mass is 278 g/mol. The van der Waals surface area contributed by atoms with Crippen LogP contribution in [0.25, 0.3) is 0 Å². The zero-order valence-electron chi connectivity index (χ0n) is 10.9. The average molecular weight is 278 g/mol. The number of fused-ring (bicyclic) bond motifs is 1. The summed E-state index contributed by atoms with van der Waals surface area (Å²) in [4.78, 5) is 34.7. The number of carboxylic acids is 1. The first-order valence-electron chi connectivity index (χ1n) is 6.24. The Hall–Kier alpha value is -2.44. The van der Waals surface area contributed by atoms with Crippen LogP contribution in [-0.4, -0.2) is 27.9 Å². The van der Waals surface area contributed by atoms with Crippen molar-refractivity contribution in [1.29, 1.82) is 0 Å². The van der Waals surface area contributed by atoms with Crippen molar-refractivity contribution in [3.05, 3.63) is 33.9 Å². The molecule has 1 atom stereocenters. The van der Waals surface area contributed by atoms with E-state index in [9.17, 15) is 19.7 Å². The normalized spacial score (nSPS) is 16.2. The third-order valence-corrected chi connectivity index (χ3v) is 3.38. The number of carboxylic acid groups (broad SMARTS) is 1. The lowest BCUT2D eigenvalue weighted by molar-refractivity contribution is -0.384. The van der Waals surface area contributed by atoms with Crippen molar-refractivity contribution in [2.45, 2.75) is 32.2 Å². The molecule has 7 nitrogen and oxygen atoms in total. The second-order valence-electron chi connectivity index (χ2n) is 4.70. The number of carbonyl (C=O) groups excluding carboxylic acids is 1. The van der Waals surface area contributed by atoms with Crippen molar-refractivity contribution >= 4 is 23.3 Å². The van der Waals surface area contributed by atoms with Gasteiger partial charge in [-0.05, 0) is 31.4 Å². The van der Waals surface area contributed by atoms with Gasteiger partial charge in [-0.25, -0.2) is 4.79 Å². The van der Waals surface area contributed by atoms with E-state index >= 15 is 0 Å². The van der Waals surface area contributed by atoms with Crippen molar-refractivity contribution in [3.8, 4) is 0 Å². The Kier molecular flexibility index (Phi) is 3.69. The number of aryl methyl sites for hydroxylation is 1. The summed E-state index contributed by atoms with van der Waals surface area (Å²) < 4.78 is 0. The van der Waals surface area contributed by atoms with Gasteiger partial charge in [-0.15, -0.1) is 0 Å². The van der Waals surface area contributed by atoms with E-state index in [0.29, 0.717) is 24.1 Å². The molecular weight excluding hydrogens is 264 g/mol. The molecule has 0 saturated carbocycles. The lowest BCUT2D eigenvalue weighted by Crippen LogP contribution is -2.43. The minimum Gasteiger partial charge on any atom is -0.480 e. The fourth-order valence-corrected chi connectivity index (χ4v) is 2.34. The van der Waals surface area contributed by atoms with Gasteiger partial charge in [-0.2, -0.15) is 0 Å². The van der Waals surface area contributed by atoms with Gasteiger partial charge in [0, 0.05) is 24.2 Å². The van der Waals surface area contributed by atoms with E-state index in [1.54, 1.807) is 0 Å². The molecule has 1 aliphatic rings. The molecule has 1 aliphatic heterocycles. The number of non-ortho nitro benzene ring substituents is 1. The van der Waals surface area contributed by atoms with E-state index in [0.717, 1.165) is 0 Å². The van der Waals surface area contributed by atoms with Gasteiger partial charge in [0.25, 0.3) is 5.69 Å². The van der Waals surface area contributed by atoms with Crippen LogP contribution in [-0.2, 0) is 16.0 Å².